The largest absolute Gasteiger partial charge is 0.378 e. The first-order valence-electron chi connectivity index (χ1n) is 9.68. The van der Waals surface area contributed by atoms with Gasteiger partial charge in [0.15, 0.2) is 0 Å². The van der Waals surface area contributed by atoms with Crippen LogP contribution in [0, 0.1) is 0 Å². The molecule has 1 heterocycles. The van der Waals surface area contributed by atoms with Crippen molar-refractivity contribution in [1.82, 2.24) is 0 Å². The van der Waals surface area contributed by atoms with Crippen LogP contribution in [0.15, 0.2) is 102 Å². The molecular weight excluding hydrogens is 354 g/mol. The average Bonchev–Trinajstić information content (AvgIpc) is 2.79. The number of nitrogens with zero attached hydrogens (tertiary/aromatic N) is 1. The van der Waals surface area contributed by atoms with E-state index in [1.54, 1.807) is 0 Å². The van der Waals surface area contributed by atoms with Crippen molar-refractivity contribution >= 4 is 11.8 Å². The van der Waals surface area contributed by atoms with Gasteiger partial charge in [0.1, 0.15) is 0 Å². The molecule has 142 valence electrons. The Bertz CT molecular complexity index is 1110. The molecule has 0 amide bonds. The van der Waals surface area contributed by atoms with Gasteiger partial charge >= 0.3 is 11.5 Å². The molecule has 2 heteroatoms. The minimum atomic E-state index is 0.841. The summed E-state index contributed by atoms with van der Waals surface area (Å²) in [5, 5.41) is 0. The van der Waals surface area contributed by atoms with Crippen molar-refractivity contribution in [2.45, 2.75) is 0 Å². The minimum Gasteiger partial charge on any atom is -0.378 e. The molecule has 0 N–H and O–H groups in total. The third-order valence-electron chi connectivity index (χ3n) is 5.00. The van der Waals surface area contributed by atoms with Crippen LogP contribution < -0.4 is 4.90 Å². The molecule has 0 spiro atoms. The molecule has 0 aliphatic carbocycles. The van der Waals surface area contributed by atoms with E-state index in [0.717, 1.165) is 39.3 Å². The smallest absolute Gasteiger partial charge is 0.361 e. The summed E-state index contributed by atoms with van der Waals surface area (Å²) in [6.07, 6.45) is 1.85. The summed E-state index contributed by atoms with van der Waals surface area (Å²) in [6.45, 7) is 3.83. The van der Waals surface area contributed by atoms with Crippen molar-refractivity contribution in [2.24, 2.45) is 0 Å². The van der Waals surface area contributed by atoms with Crippen LogP contribution >= 0.6 is 0 Å². The third kappa shape index (κ3) is 4.12. The highest BCUT2D eigenvalue weighted by molar-refractivity contribution is 5.75. The molecule has 0 bridgehead atoms. The van der Waals surface area contributed by atoms with E-state index in [9.17, 15) is 0 Å². The molecule has 0 saturated carbocycles. The van der Waals surface area contributed by atoms with Crippen LogP contribution in [0.25, 0.3) is 39.9 Å². The van der Waals surface area contributed by atoms with Crippen molar-refractivity contribution in [1.29, 1.82) is 0 Å². The fourth-order valence-corrected chi connectivity index (χ4v) is 3.29. The lowest BCUT2D eigenvalue weighted by atomic mass is 10.0. The number of rotatable bonds is 5. The summed E-state index contributed by atoms with van der Waals surface area (Å²) in [5.74, 6) is 1.69. The first-order valence-corrected chi connectivity index (χ1v) is 9.68. The van der Waals surface area contributed by atoms with Gasteiger partial charge < -0.3 is 4.90 Å². The predicted molar refractivity (Wildman–Crippen MR) is 124 cm³/mol. The Balaban J connectivity index is 1.84. The monoisotopic (exact) mass is 378 g/mol. The molecule has 0 aliphatic heterocycles. The standard InChI is InChI=1S/C27H24NO/c1-4-20-10-12-23(13-11-20)27-19-24(21-14-16-25(17-15-21)28(2)3)18-26(29-27)22-8-6-5-7-9-22/h4-19H,1H2,2-3H3/q+1. The van der Waals surface area contributed by atoms with Crippen LogP contribution in [0.5, 0.6) is 0 Å². The summed E-state index contributed by atoms with van der Waals surface area (Å²) in [4.78, 5) is 2.10. The predicted octanol–water partition coefficient (Wildman–Crippen LogP) is 7.27. The van der Waals surface area contributed by atoms with E-state index in [2.05, 4.69) is 98.4 Å². The van der Waals surface area contributed by atoms with E-state index in [1.165, 1.54) is 5.69 Å². The van der Waals surface area contributed by atoms with Gasteiger partial charge in [-0.15, -0.1) is 0 Å². The Labute approximate surface area is 172 Å². The Morgan fingerprint density at radius 3 is 1.76 bits per heavy atom. The second-order valence-corrected chi connectivity index (χ2v) is 7.21. The number of anilines is 1. The van der Waals surface area contributed by atoms with E-state index < -0.39 is 0 Å². The van der Waals surface area contributed by atoms with Gasteiger partial charge in [-0.1, -0.05) is 55.1 Å². The van der Waals surface area contributed by atoms with Crippen molar-refractivity contribution in [3.8, 4) is 33.8 Å². The highest BCUT2D eigenvalue weighted by Crippen LogP contribution is 2.33. The number of benzene rings is 3. The lowest BCUT2D eigenvalue weighted by molar-refractivity contribution is 0.582. The molecule has 0 unspecified atom stereocenters. The van der Waals surface area contributed by atoms with Crippen LogP contribution in [-0.4, -0.2) is 14.1 Å². The maximum absolute atomic E-state index is 6.31. The van der Waals surface area contributed by atoms with E-state index in [-0.39, 0.29) is 0 Å². The molecule has 4 rings (SSSR count). The van der Waals surface area contributed by atoms with Gasteiger partial charge in [0.25, 0.3) is 0 Å². The molecule has 2 nitrogen and oxygen atoms in total. The maximum atomic E-state index is 6.31. The minimum absolute atomic E-state index is 0.841. The maximum Gasteiger partial charge on any atom is 0.361 e. The van der Waals surface area contributed by atoms with Crippen molar-refractivity contribution in [2.75, 3.05) is 19.0 Å². The fraction of sp³-hybridized carbons (Fsp3) is 0.0741. The summed E-state index contributed by atoms with van der Waals surface area (Å²) >= 11 is 0. The van der Waals surface area contributed by atoms with Gasteiger partial charge in [-0.25, -0.2) is 4.42 Å². The second-order valence-electron chi connectivity index (χ2n) is 7.21. The van der Waals surface area contributed by atoms with E-state index in [4.69, 9.17) is 4.42 Å². The molecule has 0 saturated heterocycles. The van der Waals surface area contributed by atoms with E-state index in [0.29, 0.717) is 0 Å². The molecule has 1 aromatic heterocycles. The molecule has 29 heavy (non-hydrogen) atoms. The van der Waals surface area contributed by atoms with Gasteiger partial charge in [0.2, 0.25) is 0 Å². The van der Waals surface area contributed by atoms with Gasteiger partial charge in [-0.05, 0) is 47.5 Å². The van der Waals surface area contributed by atoms with E-state index in [1.807, 2.05) is 24.3 Å². The molecule has 3 aromatic carbocycles. The first-order chi connectivity index (χ1) is 14.1. The molecule has 0 atom stereocenters. The van der Waals surface area contributed by atoms with Crippen molar-refractivity contribution < 1.29 is 4.42 Å². The van der Waals surface area contributed by atoms with Crippen LogP contribution in [0.2, 0.25) is 0 Å². The summed E-state index contributed by atoms with van der Waals surface area (Å²) in [5.41, 5.74) is 6.66. The number of hydrogen-bond acceptors (Lipinski definition) is 1. The molecular formula is C27H24NO+. The van der Waals surface area contributed by atoms with Gasteiger partial charge in [0.05, 0.1) is 23.3 Å². The summed E-state index contributed by atoms with van der Waals surface area (Å²) < 4.78 is 6.31. The zero-order valence-corrected chi connectivity index (χ0v) is 16.8. The van der Waals surface area contributed by atoms with Crippen LogP contribution in [-0.2, 0) is 0 Å². The third-order valence-corrected chi connectivity index (χ3v) is 5.00. The van der Waals surface area contributed by atoms with Crippen LogP contribution in [0.1, 0.15) is 5.56 Å². The Morgan fingerprint density at radius 1 is 0.655 bits per heavy atom. The van der Waals surface area contributed by atoms with Gasteiger partial charge in [-0.2, -0.15) is 0 Å². The zero-order valence-electron chi connectivity index (χ0n) is 16.8. The zero-order chi connectivity index (χ0) is 20.2. The Hall–Kier alpha value is -3.65. The van der Waals surface area contributed by atoms with Gasteiger partial charge in [-0.3, -0.25) is 0 Å². The molecule has 0 radical (unpaired) electrons. The Kier molecular flexibility index (Phi) is 5.26. The molecule has 4 aromatic rings. The van der Waals surface area contributed by atoms with E-state index >= 15 is 0 Å². The molecule has 0 fully saturated rings. The summed E-state index contributed by atoms with van der Waals surface area (Å²) in [6, 6.07) is 31.3. The lowest BCUT2D eigenvalue weighted by Crippen LogP contribution is -2.07. The molecule has 0 aliphatic rings. The first kappa shape index (κ1) is 18.7. The fourth-order valence-electron chi connectivity index (χ4n) is 3.29. The summed E-state index contributed by atoms with van der Waals surface area (Å²) in [7, 11) is 4.10. The number of hydrogen-bond donors (Lipinski definition) is 0. The highest BCUT2D eigenvalue weighted by Gasteiger charge is 2.20. The highest BCUT2D eigenvalue weighted by atomic mass is 16.3. The quantitative estimate of drug-likeness (QED) is 0.339. The topological polar surface area (TPSA) is 14.5 Å². The Morgan fingerprint density at radius 2 is 1.21 bits per heavy atom. The second kappa shape index (κ2) is 8.15. The average molecular weight is 378 g/mol. The van der Waals surface area contributed by atoms with Crippen LogP contribution in [0.3, 0.4) is 0 Å². The van der Waals surface area contributed by atoms with Gasteiger partial charge in [0, 0.05) is 25.3 Å². The SMILES string of the molecule is C=Cc1ccc(-c2cc(-c3ccc(N(C)C)cc3)cc(-c3ccccc3)[o+]2)cc1. The van der Waals surface area contributed by atoms with Crippen LogP contribution in [0.4, 0.5) is 5.69 Å². The van der Waals surface area contributed by atoms with Crippen molar-refractivity contribution in [3.63, 3.8) is 0 Å². The lowest BCUT2D eigenvalue weighted by Gasteiger charge is -2.12. The normalized spacial score (nSPS) is 10.6. The van der Waals surface area contributed by atoms with Crippen molar-refractivity contribution in [3.05, 3.63) is 103 Å².